The molecule has 0 bridgehead atoms. The van der Waals surface area contributed by atoms with E-state index in [1.54, 1.807) is 28.1 Å². The zero-order valence-electron chi connectivity index (χ0n) is 23.1. The number of anilines is 2. The van der Waals surface area contributed by atoms with Gasteiger partial charge >= 0.3 is 0 Å². The Morgan fingerprint density at radius 3 is 2.45 bits per heavy atom. The van der Waals surface area contributed by atoms with Gasteiger partial charge in [0.15, 0.2) is 11.6 Å². The summed E-state index contributed by atoms with van der Waals surface area (Å²) in [5.41, 5.74) is 2.98. The summed E-state index contributed by atoms with van der Waals surface area (Å²) in [6.07, 6.45) is 1.71. The number of amides is 1. The Hall–Kier alpha value is -4.56. The number of rotatable bonds is 4. The monoisotopic (exact) mass is 588 g/mol. The average Bonchev–Trinajstić information content (AvgIpc) is 3.41. The molecule has 0 spiro atoms. The summed E-state index contributed by atoms with van der Waals surface area (Å²) in [5.74, 6) is 0.643. The van der Waals surface area contributed by atoms with Gasteiger partial charge in [0.25, 0.3) is 5.91 Å². The number of fused-ring (bicyclic) bond motifs is 1. The Balaban J connectivity index is 1.21. The van der Waals surface area contributed by atoms with Crippen LogP contribution in [0.1, 0.15) is 32.9 Å². The van der Waals surface area contributed by atoms with Crippen molar-refractivity contribution in [1.82, 2.24) is 24.6 Å². The van der Waals surface area contributed by atoms with E-state index in [2.05, 4.69) is 24.6 Å². The summed E-state index contributed by atoms with van der Waals surface area (Å²) in [4.78, 5) is 23.6. The first kappa shape index (κ1) is 27.6. The molecule has 2 aliphatic heterocycles. The largest absolute Gasteiger partial charge is 0.366 e. The fourth-order valence-corrected chi connectivity index (χ4v) is 5.90. The van der Waals surface area contributed by atoms with Crippen LogP contribution < -0.4 is 9.80 Å². The predicted molar refractivity (Wildman–Crippen MR) is 154 cm³/mol. The van der Waals surface area contributed by atoms with Gasteiger partial charge in [-0.1, -0.05) is 17.7 Å². The van der Waals surface area contributed by atoms with Crippen LogP contribution in [-0.2, 0) is 13.1 Å². The molecule has 2 aliphatic rings. The van der Waals surface area contributed by atoms with Crippen LogP contribution in [0.5, 0.6) is 0 Å². The van der Waals surface area contributed by atoms with E-state index in [4.69, 9.17) is 16.9 Å². The van der Waals surface area contributed by atoms with E-state index in [1.165, 1.54) is 0 Å². The van der Waals surface area contributed by atoms with Crippen molar-refractivity contribution in [1.29, 1.82) is 5.26 Å². The second-order valence-corrected chi connectivity index (χ2v) is 10.9. The summed E-state index contributed by atoms with van der Waals surface area (Å²) in [5, 5.41) is 18.5. The molecule has 0 unspecified atom stereocenters. The van der Waals surface area contributed by atoms with E-state index in [0.717, 1.165) is 34.6 Å². The van der Waals surface area contributed by atoms with Gasteiger partial charge in [0.05, 0.1) is 22.8 Å². The van der Waals surface area contributed by atoms with E-state index in [0.29, 0.717) is 68.0 Å². The Morgan fingerprint density at radius 1 is 0.952 bits per heavy atom. The first-order chi connectivity index (χ1) is 20.2. The minimum Gasteiger partial charge on any atom is -0.366 e. The fourth-order valence-electron chi connectivity index (χ4n) is 5.66. The zero-order valence-corrected chi connectivity index (χ0v) is 23.9. The summed E-state index contributed by atoms with van der Waals surface area (Å²) in [6.45, 7) is 7.07. The van der Waals surface area contributed by atoms with Crippen molar-refractivity contribution in [3.05, 3.63) is 87.3 Å². The van der Waals surface area contributed by atoms with Crippen LogP contribution in [0.4, 0.5) is 20.3 Å². The van der Waals surface area contributed by atoms with Crippen LogP contribution in [0.3, 0.4) is 0 Å². The number of hydrogen-bond donors (Lipinski definition) is 0. The molecule has 0 N–H and O–H groups in total. The van der Waals surface area contributed by atoms with Crippen LogP contribution in [0, 0.1) is 36.8 Å². The van der Waals surface area contributed by atoms with Gasteiger partial charge in [0.1, 0.15) is 23.5 Å². The van der Waals surface area contributed by atoms with Gasteiger partial charge in [-0.05, 0) is 49.2 Å². The molecule has 2 aromatic carbocycles. The molecule has 9 nitrogen and oxygen atoms in total. The first-order valence-corrected chi connectivity index (χ1v) is 14.0. The molecule has 6 rings (SSSR count). The number of piperazine rings is 1. The summed E-state index contributed by atoms with van der Waals surface area (Å²) >= 11 is 6.37. The molecule has 42 heavy (non-hydrogen) atoms. The van der Waals surface area contributed by atoms with Gasteiger partial charge in [0, 0.05) is 62.7 Å². The van der Waals surface area contributed by atoms with Crippen molar-refractivity contribution in [3.8, 4) is 17.5 Å². The maximum absolute atomic E-state index is 14.6. The third-order valence-electron chi connectivity index (χ3n) is 7.90. The quantitative estimate of drug-likeness (QED) is 0.340. The lowest BCUT2D eigenvalue weighted by atomic mass is 9.98. The van der Waals surface area contributed by atoms with Gasteiger partial charge in [-0.2, -0.15) is 5.26 Å². The number of pyridine rings is 1. The maximum Gasteiger partial charge on any atom is 0.254 e. The first-order valence-electron chi connectivity index (χ1n) is 13.6. The van der Waals surface area contributed by atoms with Crippen LogP contribution in [0.2, 0.25) is 5.02 Å². The number of hydrogen-bond acceptors (Lipinski definition) is 7. The van der Waals surface area contributed by atoms with E-state index in [1.807, 2.05) is 32.0 Å². The molecule has 1 fully saturated rings. The minimum absolute atomic E-state index is 0.0906. The topological polar surface area (TPSA) is 94.2 Å². The number of carbonyl (C=O) groups is 1. The second-order valence-electron chi connectivity index (χ2n) is 10.5. The molecule has 4 heterocycles. The van der Waals surface area contributed by atoms with Crippen LogP contribution >= 0.6 is 11.6 Å². The summed E-state index contributed by atoms with van der Waals surface area (Å²) < 4.78 is 30.8. The lowest BCUT2D eigenvalue weighted by Crippen LogP contribution is -2.49. The molecule has 12 heteroatoms. The van der Waals surface area contributed by atoms with E-state index in [-0.39, 0.29) is 17.2 Å². The van der Waals surface area contributed by atoms with Crippen molar-refractivity contribution >= 4 is 29.0 Å². The highest BCUT2D eigenvalue weighted by Crippen LogP contribution is 2.31. The van der Waals surface area contributed by atoms with Crippen LogP contribution in [0.15, 0.2) is 42.6 Å². The molecule has 214 valence electrons. The van der Waals surface area contributed by atoms with Gasteiger partial charge in [0.2, 0.25) is 0 Å². The molecular weight excluding hydrogens is 562 g/mol. The molecule has 0 aliphatic carbocycles. The predicted octanol–water partition coefficient (Wildman–Crippen LogP) is 4.74. The molecule has 0 radical (unpaired) electrons. The van der Waals surface area contributed by atoms with E-state index in [9.17, 15) is 13.6 Å². The molecule has 1 amide bonds. The van der Waals surface area contributed by atoms with Crippen LogP contribution in [0.25, 0.3) is 11.4 Å². The summed E-state index contributed by atoms with van der Waals surface area (Å²) in [7, 11) is 0. The molecule has 4 aromatic rings. The third-order valence-corrected chi connectivity index (χ3v) is 8.19. The Morgan fingerprint density at radius 2 is 1.71 bits per heavy atom. The standard InChI is InChI=1S/C30H27ClF2N8O/c1-18-12-19(2)22(30(42)39-8-6-38(7-9-39)26-15-24(32)20(16-34)13-25(26)33)14-21(18)28-37-36-27-17-40(10-11-41(27)28)29-23(31)4-3-5-35-29/h3-5,12-15H,6-11,17H2,1-2H3. The van der Waals surface area contributed by atoms with Gasteiger partial charge in [-0.15, -0.1) is 10.2 Å². The molecule has 0 atom stereocenters. The minimum atomic E-state index is -0.765. The van der Waals surface area contributed by atoms with Crippen molar-refractivity contribution in [3.63, 3.8) is 0 Å². The number of benzene rings is 2. The smallest absolute Gasteiger partial charge is 0.254 e. The molecule has 1 saturated heterocycles. The Bertz CT molecular complexity index is 1740. The highest BCUT2D eigenvalue weighted by atomic mass is 35.5. The van der Waals surface area contributed by atoms with Gasteiger partial charge in [-0.25, -0.2) is 13.8 Å². The Kier molecular flexibility index (Phi) is 7.24. The SMILES string of the molecule is Cc1cc(C)c(-c2nnc3n2CCN(c2ncccc2Cl)C3)cc1C(=O)N1CCN(c2cc(F)c(C#N)cc2F)CC1. The van der Waals surface area contributed by atoms with E-state index >= 15 is 0 Å². The Labute approximate surface area is 246 Å². The van der Waals surface area contributed by atoms with Crippen molar-refractivity contribution in [2.24, 2.45) is 0 Å². The molecular formula is C30H27ClF2N8O. The van der Waals surface area contributed by atoms with Crippen LogP contribution in [-0.4, -0.2) is 63.3 Å². The number of nitriles is 1. The zero-order chi connectivity index (χ0) is 29.5. The van der Waals surface area contributed by atoms with Crippen molar-refractivity contribution in [2.45, 2.75) is 26.9 Å². The number of aryl methyl sites for hydroxylation is 2. The highest BCUT2D eigenvalue weighted by molar-refractivity contribution is 6.32. The average molecular weight is 589 g/mol. The molecule has 2 aromatic heterocycles. The maximum atomic E-state index is 14.6. The lowest BCUT2D eigenvalue weighted by Gasteiger charge is -2.36. The van der Waals surface area contributed by atoms with Gasteiger partial charge < -0.3 is 19.3 Å². The number of carbonyl (C=O) groups excluding carboxylic acids is 1. The third kappa shape index (κ3) is 4.92. The number of aromatic nitrogens is 4. The summed E-state index contributed by atoms with van der Waals surface area (Å²) in [6, 6.07) is 11.1. The highest BCUT2D eigenvalue weighted by Gasteiger charge is 2.28. The second kappa shape index (κ2) is 11.0. The normalized spacial score (nSPS) is 15.0. The van der Waals surface area contributed by atoms with Crippen molar-refractivity contribution < 1.29 is 13.6 Å². The van der Waals surface area contributed by atoms with Crippen molar-refractivity contribution in [2.75, 3.05) is 42.5 Å². The number of nitrogens with zero attached hydrogens (tertiary/aromatic N) is 8. The fraction of sp³-hybridized carbons (Fsp3) is 0.300. The van der Waals surface area contributed by atoms with E-state index < -0.39 is 11.6 Å². The lowest BCUT2D eigenvalue weighted by molar-refractivity contribution is 0.0746. The molecule has 0 saturated carbocycles. The van der Waals surface area contributed by atoms with Gasteiger partial charge in [-0.3, -0.25) is 4.79 Å². The number of halogens is 3.